The van der Waals surface area contributed by atoms with Crippen molar-refractivity contribution in [3.05, 3.63) is 29.8 Å². The van der Waals surface area contributed by atoms with Gasteiger partial charge < -0.3 is 5.73 Å². The van der Waals surface area contributed by atoms with E-state index in [1.54, 1.807) is 18.2 Å². The Morgan fingerprint density at radius 2 is 2.00 bits per heavy atom. The predicted octanol–water partition coefficient (Wildman–Crippen LogP) is 1.48. The average Bonchev–Trinajstić information content (AvgIpc) is 2.03. The Hall–Kier alpha value is -1.16. The van der Waals surface area contributed by atoms with Gasteiger partial charge in [0.1, 0.15) is 0 Å². The monoisotopic (exact) mass is 196 g/mol. The molecule has 0 bridgehead atoms. The molecular weight excluding hydrogens is 184 g/mol. The van der Waals surface area contributed by atoms with E-state index in [1.165, 1.54) is 0 Å². The van der Waals surface area contributed by atoms with Gasteiger partial charge in [-0.15, -0.1) is 10.7 Å². The van der Waals surface area contributed by atoms with Crippen molar-refractivity contribution in [3.8, 4) is 0 Å². The van der Waals surface area contributed by atoms with Gasteiger partial charge in [-0.1, -0.05) is 12.1 Å². The number of carbonyl (C=O) groups is 1. The van der Waals surface area contributed by atoms with Gasteiger partial charge in [-0.2, -0.15) is 0 Å². The van der Waals surface area contributed by atoms with Gasteiger partial charge in [-0.3, -0.25) is 4.79 Å². The second kappa shape index (κ2) is 4.18. The molecule has 0 aromatic heterocycles. The summed E-state index contributed by atoms with van der Waals surface area (Å²) in [5.74, 6) is -0.426. The number of amides is 1. The predicted molar refractivity (Wildman–Crippen MR) is 56.3 cm³/mol. The van der Waals surface area contributed by atoms with Gasteiger partial charge in [0.25, 0.3) is 5.91 Å². The molecule has 1 amide bonds. The van der Waals surface area contributed by atoms with Crippen LogP contribution in [0.3, 0.4) is 0 Å². The molecule has 13 heavy (non-hydrogen) atoms. The molecule has 0 fully saturated rings. The van der Waals surface area contributed by atoms with E-state index in [4.69, 9.17) is 5.73 Å². The molecule has 0 spiro atoms. The lowest BCUT2D eigenvalue weighted by atomic mass is 10.2. The number of nitrogens with zero attached hydrogens (tertiary/aromatic N) is 1. The lowest BCUT2D eigenvalue weighted by Gasteiger charge is -2.00. The first-order chi connectivity index (χ1) is 6.11. The van der Waals surface area contributed by atoms with Gasteiger partial charge >= 0.3 is 0 Å². The van der Waals surface area contributed by atoms with Crippen LogP contribution in [0, 0.1) is 0 Å². The third kappa shape index (κ3) is 2.66. The first kappa shape index (κ1) is 9.92. The molecule has 2 N–H and O–H groups in total. The maximum absolute atomic E-state index is 11.0. The second-order valence-electron chi connectivity index (χ2n) is 2.75. The second-order valence-corrected chi connectivity index (χ2v) is 4.48. The normalized spacial score (nSPS) is 10.1. The summed E-state index contributed by atoms with van der Waals surface area (Å²) in [4.78, 5) is 11.0. The molecule has 0 aliphatic rings. The Bertz CT molecular complexity index is 356. The molecular formula is C9H12N2OS. The van der Waals surface area contributed by atoms with Gasteiger partial charge in [0.2, 0.25) is 0 Å². The molecule has 0 aliphatic heterocycles. The smallest absolute Gasteiger partial charge is 0.250 e. The van der Waals surface area contributed by atoms with Crippen LogP contribution in [0.25, 0.3) is 0 Å². The lowest BCUT2D eigenvalue weighted by Crippen LogP contribution is -2.10. The number of hydrogen-bond acceptors (Lipinski definition) is 2. The molecule has 0 unspecified atom stereocenters. The minimum Gasteiger partial charge on any atom is -0.366 e. The van der Waals surface area contributed by atoms with Crippen LogP contribution >= 0.6 is 0 Å². The molecule has 1 rings (SSSR count). The highest BCUT2D eigenvalue weighted by Gasteiger charge is 2.04. The maximum Gasteiger partial charge on any atom is 0.250 e. The van der Waals surface area contributed by atoms with E-state index in [1.807, 2.05) is 18.6 Å². The molecule has 0 heterocycles. The lowest BCUT2D eigenvalue weighted by molar-refractivity contribution is 0.100. The number of hydrogen-bond donors (Lipinski definition) is 1. The van der Waals surface area contributed by atoms with E-state index in [9.17, 15) is 4.79 Å². The van der Waals surface area contributed by atoms with Crippen LogP contribution < -0.4 is 5.73 Å². The average molecular weight is 196 g/mol. The summed E-state index contributed by atoms with van der Waals surface area (Å²) in [6.45, 7) is 0. The van der Waals surface area contributed by atoms with Crippen molar-refractivity contribution in [2.75, 3.05) is 12.5 Å². The van der Waals surface area contributed by atoms with Crippen LogP contribution in [0.5, 0.6) is 0 Å². The molecule has 0 saturated heterocycles. The van der Waals surface area contributed by atoms with Crippen LogP contribution in [-0.4, -0.2) is 18.4 Å². The van der Waals surface area contributed by atoms with Gasteiger partial charge in [-0.25, -0.2) is 4.36 Å². The Morgan fingerprint density at radius 3 is 2.54 bits per heavy atom. The van der Waals surface area contributed by atoms with E-state index < -0.39 is 5.91 Å². The summed E-state index contributed by atoms with van der Waals surface area (Å²) in [6, 6.07) is 7.11. The van der Waals surface area contributed by atoms with Crippen molar-refractivity contribution in [3.63, 3.8) is 0 Å². The van der Waals surface area contributed by atoms with Crippen molar-refractivity contribution in [1.29, 1.82) is 0 Å². The zero-order chi connectivity index (χ0) is 9.84. The molecule has 1 aromatic carbocycles. The van der Waals surface area contributed by atoms with Crippen LogP contribution in [0.15, 0.2) is 28.6 Å². The number of primary amides is 1. The van der Waals surface area contributed by atoms with Crippen molar-refractivity contribution in [1.82, 2.24) is 0 Å². The number of nitrogens with two attached hydrogens (primary N) is 1. The fourth-order valence-corrected chi connectivity index (χ4v) is 1.51. The molecule has 0 aliphatic carbocycles. The van der Waals surface area contributed by atoms with Gasteiger partial charge in [-0.05, 0) is 24.6 Å². The van der Waals surface area contributed by atoms with Crippen molar-refractivity contribution in [2.45, 2.75) is 0 Å². The number of carbonyl (C=O) groups excluding carboxylic acids is 1. The molecule has 70 valence electrons. The summed E-state index contributed by atoms with van der Waals surface area (Å²) in [5.41, 5.74) is 6.37. The van der Waals surface area contributed by atoms with E-state index in [0.29, 0.717) is 11.3 Å². The van der Waals surface area contributed by atoms with Gasteiger partial charge in [0.05, 0.1) is 11.3 Å². The Morgan fingerprint density at radius 1 is 1.38 bits per heavy atom. The summed E-state index contributed by atoms with van der Waals surface area (Å²) >= 11 is 0. The van der Waals surface area contributed by atoms with E-state index >= 15 is 0 Å². The molecule has 0 atom stereocenters. The highest BCUT2D eigenvalue weighted by Crippen LogP contribution is 2.18. The molecule has 3 nitrogen and oxygen atoms in total. The largest absolute Gasteiger partial charge is 0.366 e. The van der Waals surface area contributed by atoms with Gasteiger partial charge in [0.15, 0.2) is 0 Å². The van der Waals surface area contributed by atoms with E-state index in [2.05, 4.69) is 4.36 Å². The molecule has 1 aromatic rings. The Labute approximate surface area is 80.1 Å². The Balaban J connectivity index is 3.20. The zero-order valence-electron chi connectivity index (χ0n) is 7.65. The summed E-state index contributed by atoms with van der Waals surface area (Å²) in [5, 5.41) is 0. The van der Waals surface area contributed by atoms with Crippen molar-refractivity contribution in [2.24, 2.45) is 10.1 Å². The van der Waals surface area contributed by atoms with E-state index in [0.717, 1.165) is 0 Å². The van der Waals surface area contributed by atoms with Gasteiger partial charge in [0, 0.05) is 0 Å². The minimum atomic E-state index is -0.426. The summed E-state index contributed by atoms with van der Waals surface area (Å²) in [6.07, 6.45) is 3.97. The SMILES string of the molecule is CS(C)=Nc1ccccc1C(N)=O. The minimum absolute atomic E-state index is 0.0761. The molecule has 0 saturated carbocycles. The summed E-state index contributed by atoms with van der Waals surface area (Å²) in [7, 11) is -0.0761. The maximum atomic E-state index is 11.0. The number of rotatable bonds is 2. The highest BCUT2D eigenvalue weighted by atomic mass is 32.2. The topological polar surface area (TPSA) is 55.4 Å². The third-order valence-corrected chi connectivity index (χ3v) is 2.01. The van der Waals surface area contributed by atoms with Crippen LogP contribution in [0.4, 0.5) is 5.69 Å². The van der Waals surface area contributed by atoms with Crippen molar-refractivity contribution >= 4 is 22.3 Å². The first-order valence-corrected chi connectivity index (χ1v) is 5.79. The fraction of sp³-hybridized carbons (Fsp3) is 0.222. The molecule has 0 radical (unpaired) electrons. The van der Waals surface area contributed by atoms with Crippen LogP contribution in [0.1, 0.15) is 10.4 Å². The number of benzene rings is 1. The Kier molecular flexibility index (Phi) is 3.19. The zero-order valence-corrected chi connectivity index (χ0v) is 8.47. The summed E-state index contributed by atoms with van der Waals surface area (Å²) < 4.78 is 4.31. The fourth-order valence-electron chi connectivity index (χ4n) is 0.958. The quantitative estimate of drug-likeness (QED) is 0.765. The van der Waals surface area contributed by atoms with Crippen molar-refractivity contribution < 1.29 is 4.79 Å². The standard InChI is InChI=1S/C9H12N2OS/c1-13(2)11-8-6-4-3-5-7(8)9(10)12/h3-6H,1-2H3,(H2,10,12). The van der Waals surface area contributed by atoms with Crippen LogP contribution in [0.2, 0.25) is 0 Å². The third-order valence-electron chi connectivity index (χ3n) is 1.45. The molecule has 4 heteroatoms. The van der Waals surface area contributed by atoms with Crippen LogP contribution in [-0.2, 0) is 10.7 Å². The first-order valence-electron chi connectivity index (χ1n) is 3.79. The highest BCUT2D eigenvalue weighted by molar-refractivity contribution is 7.85. The van der Waals surface area contributed by atoms with E-state index in [-0.39, 0.29) is 10.7 Å².